The standard InChI is InChI=1S/C22H32N4O3/c1-29-20-10-9-18-22(24-20)23-19(27)15-21(28)26(18)17-11-13-25(14-12-17)16-7-5-3-2-4-6-8-16/h9-10,16-17H,2-8,11-15H2,1H3,(H,23,24,27). The molecule has 1 saturated heterocycles. The van der Waals surface area contributed by atoms with Gasteiger partial charge in [-0.1, -0.05) is 32.1 Å². The average molecular weight is 401 g/mol. The van der Waals surface area contributed by atoms with Crippen LogP contribution < -0.4 is 15.0 Å². The molecular weight excluding hydrogens is 368 g/mol. The van der Waals surface area contributed by atoms with Crippen LogP contribution in [0.2, 0.25) is 0 Å². The quantitative estimate of drug-likeness (QED) is 0.788. The number of nitrogens with zero attached hydrogens (tertiary/aromatic N) is 3. The lowest BCUT2D eigenvalue weighted by Crippen LogP contribution is -2.50. The van der Waals surface area contributed by atoms with Crippen LogP contribution in [-0.2, 0) is 9.59 Å². The number of nitrogens with one attached hydrogen (secondary N) is 1. The summed E-state index contributed by atoms with van der Waals surface area (Å²) in [6.45, 7) is 2.03. The largest absolute Gasteiger partial charge is 0.481 e. The van der Waals surface area contributed by atoms with Gasteiger partial charge in [0.25, 0.3) is 0 Å². The van der Waals surface area contributed by atoms with Gasteiger partial charge in [-0.3, -0.25) is 9.59 Å². The molecule has 0 unspecified atom stereocenters. The Balaban J connectivity index is 1.48. The van der Waals surface area contributed by atoms with E-state index in [1.54, 1.807) is 13.2 Å². The van der Waals surface area contributed by atoms with Gasteiger partial charge in [0.05, 0.1) is 12.8 Å². The van der Waals surface area contributed by atoms with Gasteiger partial charge in [-0.15, -0.1) is 0 Å². The van der Waals surface area contributed by atoms with Gasteiger partial charge in [-0.25, -0.2) is 0 Å². The van der Waals surface area contributed by atoms with Crippen molar-refractivity contribution in [2.24, 2.45) is 0 Å². The molecule has 4 rings (SSSR count). The summed E-state index contributed by atoms with van der Waals surface area (Å²) in [7, 11) is 1.54. The lowest BCUT2D eigenvalue weighted by molar-refractivity contribution is -0.125. The third kappa shape index (κ3) is 4.55. The van der Waals surface area contributed by atoms with Crippen LogP contribution in [0.5, 0.6) is 5.88 Å². The highest BCUT2D eigenvalue weighted by Gasteiger charge is 2.35. The Bertz CT molecular complexity index is 738. The molecule has 158 valence electrons. The molecular formula is C22H32N4O3. The molecule has 1 aliphatic carbocycles. The average Bonchev–Trinajstić information content (AvgIpc) is 2.81. The van der Waals surface area contributed by atoms with Crippen molar-refractivity contribution in [3.05, 3.63) is 12.1 Å². The van der Waals surface area contributed by atoms with Gasteiger partial charge < -0.3 is 19.9 Å². The first-order valence-electron chi connectivity index (χ1n) is 11.1. The maximum Gasteiger partial charge on any atom is 0.236 e. The van der Waals surface area contributed by atoms with E-state index in [1.807, 2.05) is 11.0 Å². The van der Waals surface area contributed by atoms with Gasteiger partial charge in [-0.05, 0) is 31.7 Å². The zero-order valence-corrected chi connectivity index (χ0v) is 17.4. The Labute approximate surface area is 172 Å². The van der Waals surface area contributed by atoms with Crippen molar-refractivity contribution in [2.75, 3.05) is 30.4 Å². The number of piperidine rings is 1. The van der Waals surface area contributed by atoms with Crippen LogP contribution in [0.3, 0.4) is 0 Å². The molecule has 1 saturated carbocycles. The highest BCUT2D eigenvalue weighted by Crippen LogP contribution is 2.34. The highest BCUT2D eigenvalue weighted by molar-refractivity contribution is 6.14. The van der Waals surface area contributed by atoms with Crippen molar-refractivity contribution < 1.29 is 14.3 Å². The molecule has 0 radical (unpaired) electrons. The van der Waals surface area contributed by atoms with E-state index in [1.165, 1.54) is 44.9 Å². The topological polar surface area (TPSA) is 74.8 Å². The molecule has 1 N–H and O–H groups in total. The molecule has 7 nitrogen and oxygen atoms in total. The van der Waals surface area contributed by atoms with E-state index < -0.39 is 0 Å². The van der Waals surface area contributed by atoms with Crippen LogP contribution in [0.4, 0.5) is 11.5 Å². The van der Waals surface area contributed by atoms with E-state index >= 15 is 0 Å². The molecule has 0 aromatic carbocycles. The summed E-state index contributed by atoms with van der Waals surface area (Å²) in [5.74, 6) is 0.393. The number of amides is 2. The Hall–Kier alpha value is -2.15. The number of methoxy groups -OCH3 is 1. The molecule has 7 heteroatoms. The third-order valence-corrected chi connectivity index (χ3v) is 6.61. The number of carbonyl (C=O) groups is 2. The number of pyridine rings is 1. The Morgan fingerprint density at radius 1 is 0.966 bits per heavy atom. The molecule has 0 atom stereocenters. The second-order valence-corrected chi connectivity index (χ2v) is 8.48. The predicted octanol–water partition coefficient (Wildman–Crippen LogP) is 3.34. The lowest BCUT2D eigenvalue weighted by Gasteiger charge is -2.41. The first-order valence-corrected chi connectivity index (χ1v) is 11.1. The maximum absolute atomic E-state index is 12.9. The van der Waals surface area contributed by atoms with Gasteiger partial charge in [-0.2, -0.15) is 4.98 Å². The van der Waals surface area contributed by atoms with Gasteiger partial charge in [0.1, 0.15) is 6.42 Å². The SMILES string of the molecule is COc1ccc2c(n1)NC(=O)CC(=O)N2C1CCN(C2CCCCCCC2)CC1. The van der Waals surface area contributed by atoms with E-state index in [4.69, 9.17) is 4.74 Å². The normalized spacial score (nSPS) is 23.0. The second-order valence-electron chi connectivity index (χ2n) is 8.48. The summed E-state index contributed by atoms with van der Waals surface area (Å²) in [5.41, 5.74) is 0.686. The first-order chi connectivity index (χ1) is 14.2. The lowest BCUT2D eigenvalue weighted by atomic mass is 9.93. The molecule has 1 aromatic heterocycles. The molecule has 2 fully saturated rings. The zero-order valence-electron chi connectivity index (χ0n) is 17.4. The smallest absolute Gasteiger partial charge is 0.236 e. The first kappa shape index (κ1) is 20.1. The third-order valence-electron chi connectivity index (χ3n) is 6.61. The number of likely N-dealkylation sites (tertiary alicyclic amines) is 1. The molecule has 3 aliphatic rings. The van der Waals surface area contributed by atoms with Crippen molar-refractivity contribution in [3.8, 4) is 5.88 Å². The number of hydrogen-bond acceptors (Lipinski definition) is 5. The summed E-state index contributed by atoms with van der Waals surface area (Å²) >= 11 is 0. The van der Waals surface area contributed by atoms with E-state index in [9.17, 15) is 9.59 Å². The molecule has 2 aliphatic heterocycles. The van der Waals surface area contributed by atoms with Crippen LogP contribution in [0.25, 0.3) is 0 Å². The van der Waals surface area contributed by atoms with Crippen molar-refractivity contribution >= 4 is 23.3 Å². The minimum atomic E-state index is -0.313. The number of aromatic nitrogens is 1. The molecule has 3 heterocycles. The number of ether oxygens (including phenoxy) is 1. The highest BCUT2D eigenvalue weighted by atomic mass is 16.5. The molecule has 2 amide bonds. The summed E-state index contributed by atoms with van der Waals surface area (Å²) < 4.78 is 5.19. The van der Waals surface area contributed by atoms with Gasteiger partial charge >= 0.3 is 0 Å². The molecule has 29 heavy (non-hydrogen) atoms. The predicted molar refractivity (Wildman–Crippen MR) is 112 cm³/mol. The van der Waals surface area contributed by atoms with Gasteiger partial charge in [0.2, 0.25) is 17.7 Å². The number of hydrogen-bond donors (Lipinski definition) is 1. The minimum Gasteiger partial charge on any atom is -0.481 e. The fraction of sp³-hybridized carbons (Fsp3) is 0.682. The fourth-order valence-corrected chi connectivity index (χ4v) is 5.08. The summed E-state index contributed by atoms with van der Waals surface area (Å²) in [6.07, 6.45) is 11.1. The van der Waals surface area contributed by atoms with Crippen molar-refractivity contribution in [1.82, 2.24) is 9.88 Å². The van der Waals surface area contributed by atoms with Crippen LogP contribution in [0, 0.1) is 0 Å². The van der Waals surface area contributed by atoms with E-state index in [0.717, 1.165) is 25.9 Å². The van der Waals surface area contributed by atoms with E-state index in [2.05, 4.69) is 15.2 Å². The second kappa shape index (κ2) is 9.11. The summed E-state index contributed by atoms with van der Waals surface area (Å²) in [4.78, 5) is 33.9. The van der Waals surface area contributed by atoms with Crippen molar-refractivity contribution in [2.45, 2.75) is 76.3 Å². The zero-order chi connectivity index (χ0) is 20.2. The number of carbonyl (C=O) groups excluding carboxylic acids is 2. The monoisotopic (exact) mass is 400 g/mol. The van der Waals surface area contributed by atoms with Gasteiger partial charge in [0, 0.05) is 31.2 Å². The Morgan fingerprint density at radius 3 is 2.34 bits per heavy atom. The van der Waals surface area contributed by atoms with Crippen LogP contribution in [0.15, 0.2) is 12.1 Å². The number of rotatable bonds is 3. The number of fused-ring (bicyclic) bond motifs is 1. The van der Waals surface area contributed by atoms with E-state index in [-0.39, 0.29) is 24.3 Å². The van der Waals surface area contributed by atoms with Crippen LogP contribution >= 0.6 is 0 Å². The van der Waals surface area contributed by atoms with Crippen molar-refractivity contribution in [1.29, 1.82) is 0 Å². The minimum absolute atomic E-state index is 0.106. The fourth-order valence-electron chi connectivity index (χ4n) is 5.08. The van der Waals surface area contributed by atoms with Gasteiger partial charge in [0.15, 0.2) is 5.82 Å². The summed E-state index contributed by atoms with van der Waals surface area (Å²) in [5, 5.41) is 2.77. The Morgan fingerprint density at radius 2 is 1.66 bits per heavy atom. The molecule has 1 aromatic rings. The van der Waals surface area contributed by atoms with E-state index in [0.29, 0.717) is 23.4 Å². The number of anilines is 2. The summed E-state index contributed by atoms with van der Waals surface area (Å²) in [6, 6.07) is 4.39. The van der Waals surface area contributed by atoms with Crippen LogP contribution in [0.1, 0.15) is 64.2 Å². The molecule has 0 spiro atoms. The van der Waals surface area contributed by atoms with Crippen LogP contribution in [-0.4, -0.2) is 54.0 Å². The maximum atomic E-state index is 12.9. The molecule has 0 bridgehead atoms. The Kier molecular flexibility index (Phi) is 6.33. The van der Waals surface area contributed by atoms with Crippen molar-refractivity contribution in [3.63, 3.8) is 0 Å².